The molecule has 0 saturated carbocycles. The Hall–Kier alpha value is -4.47. The first-order valence-electron chi connectivity index (χ1n) is 11.3. The summed E-state index contributed by atoms with van der Waals surface area (Å²) in [7, 11) is 0. The Labute approximate surface area is 200 Å². The lowest BCUT2D eigenvalue weighted by atomic mass is 9.96. The molecule has 1 saturated heterocycles. The predicted molar refractivity (Wildman–Crippen MR) is 130 cm³/mol. The van der Waals surface area contributed by atoms with E-state index in [1.165, 1.54) is 23.0 Å². The lowest BCUT2D eigenvalue weighted by Crippen LogP contribution is -2.32. The normalized spacial score (nSPS) is 14.6. The Balaban J connectivity index is 1.17. The van der Waals surface area contributed by atoms with Crippen LogP contribution in [0.1, 0.15) is 36.0 Å². The topological polar surface area (TPSA) is 120 Å². The molecule has 0 aliphatic carbocycles. The van der Waals surface area contributed by atoms with Gasteiger partial charge in [0.1, 0.15) is 4.92 Å². The SMILES string of the molecule is O=c1oc(C2CCN(c3ccc(/N=C/c4ccc([N+](=O)[O-])o4)cc3)CC2)nn1Cc1ccccc1. The van der Waals surface area contributed by atoms with E-state index < -0.39 is 10.7 Å². The number of nitrogens with zero attached hydrogens (tertiary/aromatic N) is 5. The van der Waals surface area contributed by atoms with Crippen LogP contribution in [0.25, 0.3) is 0 Å². The molecule has 10 nitrogen and oxygen atoms in total. The molecule has 1 aliphatic heterocycles. The van der Waals surface area contributed by atoms with Gasteiger partial charge in [0.15, 0.2) is 5.76 Å². The number of hydrogen-bond donors (Lipinski definition) is 0. The number of furan rings is 1. The van der Waals surface area contributed by atoms with E-state index in [-0.39, 0.29) is 11.8 Å². The summed E-state index contributed by atoms with van der Waals surface area (Å²) in [5.41, 5.74) is 2.79. The predicted octanol–water partition coefficient (Wildman–Crippen LogP) is 4.52. The van der Waals surface area contributed by atoms with Gasteiger partial charge in [-0.05, 0) is 48.7 Å². The third kappa shape index (κ3) is 5.21. The highest BCUT2D eigenvalue weighted by Crippen LogP contribution is 2.30. The van der Waals surface area contributed by atoms with Gasteiger partial charge in [-0.25, -0.2) is 4.79 Å². The zero-order valence-electron chi connectivity index (χ0n) is 18.8. The van der Waals surface area contributed by atoms with Crippen molar-refractivity contribution < 1.29 is 13.8 Å². The highest BCUT2D eigenvalue weighted by atomic mass is 16.6. The minimum atomic E-state index is -0.584. The monoisotopic (exact) mass is 473 g/mol. The summed E-state index contributed by atoms with van der Waals surface area (Å²) < 4.78 is 11.9. The van der Waals surface area contributed by atoms with Crippen LogP contribution in [0, 0.1) is 10.1 Å². The van der Waals surface area contributed by atoms with E-state index in [4.69, 9.17) is 8.83 Å². The fourth-order valence-electron chi connectivity index (χ4n) is 4.13. The van der Waals surface area contributed by atoms with Crippen molar-refractivity contribution in [3.05, 3.63) is 105 Å². The molecule has 2 aromatic carbocycles. The van der Waals surface area contributed by atoms with Crippen LogP contribution < -0.4 is 10.7 Å². The summed E-state index contributed by atoms with van der Waals surface area (Å²) in [5, 5.41) is 15.2. The minimum Gasteiger partial charge on any atom is -0.400 e. The highest BCUT2D eigenvalue weighted by molar-refractivity contribution is 5.79. The molecule has 5 rings (SSSR count). The van der Waals surface area contributed by atoms with E-state index in [2.05, 4.69) is 15.0 Å². The molecule has 0 bridgehead atoms. The standard InChI is InChI=1S/C25H23N5O5/c31-25-29(17-18-4-2-1-3-5-18)27-24(35-25)19-12-14-28(15-13-19)21-8-6-20(7-9-21)26-16-22-10-11-23(34-22)30(32)33/h1-11,16,19H,12-15,17H2/b26-16+. The van der Waals surface area contributed by atoms with Crippen LogP contribution in [0.4, 0.5) is 17.3 Å². The number of nitro groups is 1. The average molecular weight is 473 g/mol. The number of aromatic nitrogens is 2. The maximum atomic E-state index is 12.3. The molecule has 0 N–H and O–H groups in total. The molecule has 0 radical (unpaired) electrons. The lowest BCUT2D eigenvalue weighted by molar-refractivity contribution is -0.402. The van der Waals surface area contributed by atoms with E-state index in [1.54, 1.807) is 0 Å². The van der Waals surface area contributed by atoms with Crippen LogP contribution in [0.5, 0.6) is 0 Å². The number of hydrogen-bond acceptors (Lipinski definition) is 8. The van der Waals surface area contributed by atoms with Crippen molar-refractivity contribution in [2.45, 2.75) is 25.3 Å². The third-order valence-corrected chi connectivity index (χ3v) is 5.99. The van der Waals surface area contributed by atoms with Crippen LogP contribution in [0.15, 0.2) is 85.4 Å². The maximum absolute atomic E-state index is 12.3. The molecular weight excluding hydrogens is 450 g/mol. The Kier molecular flexibility index (Phi) is 6.25. The molecule has 1 aliphatic rings. The highest BCUT2D eigenvalue weighted by Gasteiger charge is 2.25. The van der Waals surface area contributed by atoms with Gasteiger partial charge >= 0.3 is 11.6 Å². The van der Waals surface area contributed by atoms with Crippen LogP contribution in [0.2, 0.25) is 0 Å². The molecular formula is C25H23N5O5. The first kappa shape index (κ1) is 22.3. The third-order valence-electron chi connectivity index (χ3n) is 5.99. The number of benzene rings is 2. The second kappa shape index (κ2) is 9.80. The zero-order chi connectivity index (χ0) is 24.2. The smallest absolute Gasteiger partial charge is 0.400 e. The molecule has 0 amide bonds. The molecule has 0 spiro atoms. The molecule has 0 atom stereocenters. The largest absolute Gasteiger partial charge is 0.437 e. The lowest BCUT2D eigenvalue weighted by Gasteiger charge is -2.32. The molecule has 0 unspecified atom stereocenters. The summed E-state index contributed by atoms with van der Waals surface area (Å²) in [4.78, 5) is 29.0. The molecule has 1 fully saturated rings. The molecule has 10 heteroatoms. The van der Waals surface area contributed by atoms with Gasteiger partial charge in [-0.3, -0.25) is 15.1 Å². The van der Waals surface area contributed by atoms with Gasteiger partial charge in [-0.1, -0.05) is 30.3 Å². The second-order valence-corrected chi connectivity index (χ2v) is 8.32. The number of rotatable bonds is 7. The fourth-order valence-corrected chi connectivity index (χ4v) is 4.13. The van der Waals surface area contributed by atoms with E-state index in [1.807, 2.05) is 54.6 Å². The number of anilines is 1. The van der Waals surface area contributed by atoms with Gasteiger partial charge in [-0.2, -0.15) is 4.68 Å². The van der Waals surface area contributed by atoms with Gasteiger partial charge in [-0.15, -0.1) is 5.10 Å². The fraction of sp³-hybridized carbons (Fsp3) is 0.240. The summed E-state index contributed by atoms with van der Waals surface area (Å²) in [6.45, 7) is 2.03. The van der Waals surface area contributed by atoms with Crippen molar-refractivity contribution in [2.75, 3.05) is 18.0 Å². The molecule has 3 heterocycles. The van der Waals surface area contributed by atoms with Crippen LogP contribution >= 0.6 is 0 Å². The summed E-state index contributed by atoms with van der Waals surface area (Å²) in [6.07, 6.45) is 3.13. The van der Waals surface area contributed by atoms with E-state index in [0.717, 1.165) is 37.2 Å². The van der Waals surface area contributed by atoms with Gasteiger partial charge in [0.2, 0.25) is 5.89 Å². The van der Waals surface area contributed by atoms with Crippen LogP contribution in [0.3, 0.4) is 0 Å². The maximum Gasteiger partial charge on any atom is 0.437 e. The number of aliphatic imine (C=N–C) groups is 1. The van der Waals surface area contributed by atoms with Crippen LogP contribution in [-0.4, -0.2) is 34.0 Å². The van der Waals surface area contributed by atoms with E-state index in [0.29, 0.717) is 23.9 Å². The van der Waals surface area contributed by atoms with Crippen molar-refractivity contribution in [2.24, 2.45) is 4.99 Å². The average Bonchev–Trinajstić information content (AvgIpc) is 3.51. The second-order valence-electron chi connectivity index (χ2n) is 8.32. The summed E-state index contributed by atoms with van der Waals surface area (Å²) in [5.74, 6) is 0.199. The van der Waals surface area contributed by atoms with Crippen molar-refractivity contribution >= 4 is 23.5 Å². The van der Waals surface area contributed by atoms with Crippen molar-refractivity contribution in [1.82, 2.24) is 9.78 Å². The van der Waals surface area contributed by atoms with Gasteiger partial charge in [0.05, 0.1) is 24.5 Å². The first-order valence-corrected chi connectivity index (χ1v) is 11.3. The number of piperidine rings is 1. The van der Waals surface area contributed by atoms with Crippen molar-refractivity contribution in [3.8, 4) is 0 Å². The van der Waals surface area contributed by atoms with Gasteiger partial charge < -0.3 is 13.7 Å². The Morgan fingerprint density at radius 3 is 2.46 bits per heavy atom. The molecule has 4 aromatic rings. The Morgan fingerprint density at radius 2 is 1.77 bits per heavy atom. The van der Waals surface area contributed by atoms with Gasteiger partial charge in [0.25, 0.3) is 0 Å². The summed E-state index contributed by atoms with van der Waals surface area (Å²) in [6, 6.07) is 20.3. The summed E-state index contributed by atoms with van der Waals surface area (Å²) >= 11 is 0. The Morgan fingerprint density at radius 1 is 1.03 bits per heavy atom. The molecule has 35 heavy (non-hydrogen) atoms. The first-order chi connectivity index (χ1) is 17.0. The molecule has 178 valence electrons. The van der Waals surface area contributed by atoms with E-state index in [9.17, 15) is 14.9 Å². The van der Waals surface area contributed by atoms with Crippen molar-refractivity contribution in [1.29, 1.82) is 0 Å². The van der Waals surface area contributed by atoms with Crippen molar-refractivity contribution in [3.63, 3.8) is 0 Å². The Bertz CT molecular complexity index is 1380. The molecule has 2 aromatic heterocycles. The van der Waals surface area contributed by atoms with Gasteiger partial charge in [0, 0.05) is 24.7 Å². The van der Waals surface area contributed by atoms with E-state index >= 15 is 0 Å². The quantitative estimate of drug-likeness (QED) is 0.220. The van der Waals surface area contributed by atoms with Crippen LogP contribution in [-0.2, 0) is 6.54 Å². The minimum absolute atomic E-state index is 0.109. The zero-order valence-corrected chi connectivity index (χ0v) is 18.8.